The Bertz CT molecular complexity index is 748. The number of hydrogen-bond donors (Lipinski definition) is 1. The summed E-state index contributed by atoms with van der Waals surface area (Å²) in [7, 11) is 0. The van der Waals surface area contributed by atoms with Crippen LogP contribution in [0.2, 0.25) is 0 Å². The van der Waals surface area contributed by atoms with Crippen LogP contribution in [0.15, 0.2) is 40.1 Å². The van der Waals surface area contributed by atoms with Gasteiger partial charge in [-0.2, -0.15) is 0 Å². The molecule has 0 saturated heterocycles. The van der Waals surface area contributed by atoms with Gasteiger partial charge in [0.2, 0.25) is 0 Å². The van der Waals surface area contributed by atoms with E-state index in [9.17, 15) is 9.59 Å². The van der Waals surface area contributed by atoms with E-state index in [1.54, 1.807) is 10.8 Å². The van der Waals surface area contributed by atoms with Gasteiger partial charge in [-0.05, 0) is 53.0 Å². The molecular weight excluding hydrogens is 367 g/mol. The zero-order valence-electron chi connectivity index (χ0n) is 10.9. The number of rotatable bonds is 2. The first-order valence-corrected chi connectivity index (χ1v) is 7.80. The second-order valence-corrected chi connectivity index (χ2v) is 6.34. The van der Waals surface area contributed by atoms with E-state index in [0.29, 0.717) is 16.0 Å². The van der Waals surface area contributed by atoms with E-state index in [0.717, 1.165) is 19.3 Å². The van der Waals surface area contributed by atoms with Crippen molar-refractivity contribution in [2.45, 2.75) is 31.7 Å². The first-order valence-electron chi connectivity index (χ1n) is 6.72. The predicted octanol–water partition coefficient (Wildman–Crippen LogP) is 2.26. The fourth-order valence-electron chi connectivity index (χ4n) is 2.90. The molecule has 5 heteroatoms. The lowest BCUT2D eigenvalue weighted by molar-refractivity contribution is 0.469. The van der Waals surface area contributed by atoms with Crippen molar-refractivity contribution in [1.29, 1.82) is 0 Å². The molecule has 1 atom stereocenters. The number of fused-ring (bicyclic) bond motifs is 1. The molecule has 20 heavy (non-hydrogen) atoms. The molecule has 1 heterocycles. The van der Waals surface area contributed by atoms with Crippen LogP contribution < -0.4 is 11.2 Å². The third-order valence-corrected chi connectivity index (χ3v) is 4.65. The molecule has 0 aliphatic heterocycles. The van der Waals surface area contributed by atoms with Gasteiger partial charge in [-0.25, -0.2) is 4.79 Å². The normalized spacial score (nSPS) is 17.8. The number of halogens is 1. The monoisotopic (exact) mass is 382 g/mol. The minimum atomic E-state index is -0.321. The molecule has 3 rings (SSSR count). The second-order valence-electron chi connectivity index (χ2n) is 5.18. The number of aryl methyl sites for hydroxylation is 1. The van der Waals surface area contributed by atoms with E-state index < -0.39 is 0 Å². The van der Waals surface area contributed by atoms with Gasteiger partial charge in [-0.3, -0.25) is 14.3 Å². The van der Waals surface area contributed by atoms with Crippen molar-refractivity contribution in [3.8, 4) is 0 Å². The summed E-state index contributed by atoms with van der Waals surface area (Å²) in [5.41, 5.74) is 2.09. The topological polar surface area (TPSA) is 54.9 Å². The molecule has 1 aliphatic carbocycles. The summed E-state index contributed by atoms with van der Waals surface area (Å²) in [6, 6.07) is 8.44. The van der Waals surface area contributed by atoms with Crippen LogP contribution in [0, 0.1) is 3.57 Å². The minimum absolute atomic E-state index is 0.309. The largest absolute Gasteiger partial charge is 0.328 e. The van der Waals surface area contributed by atoms with Crippen LogP contribution in [0.5, 0.6) is 0 Å². The van der Waals surface area contributed by atoms with E-state index in [4.69, 9.17) is 0 Å². The van der Waals surface area contributed by atoms with Crippen LogP contribution in [-0.4, -0.2) is 9.55 Å². The molecule has 1 unspecified atom stereocenters. The molecule has 0 saturated carbocycles. The van der Waals surface area contributed by atoms with Crippen LogP contribution >= 0.6 is 22.6 Å². The van der Waals surface area contributed by atoms with E-state index in [-0.39, 0.29) is 11.2 Å². The predicted molar refractivity (Wildman–Crippen MR) is 86.2 cm³/mol. The average molecular weight is 382 g/mol. The molecule has 104 valence electrons. The maximum absolute atomic E-state index is 11.9. The van der Waals surface area contributed by atoms with Gasteiger partial charge in [0.15, 0.2) is 0 Å². The summed E-state index contributed by atoms with van der Waals surface area (Å²) in [6.45, 7) is 0.628. The molecule has 1 aromatic heterocycles. The molecule has 0 radical (unpaired) electrons. The average Bonchev–Trinajstić information content (AvgIpc) is 2.45. The summed E-state index contributed by atoms with van der Waals surface area (Å²) in [5.74, 6) is 0.347. The quantitative estimate of drug-likeness (QED) is 0.811. The second kappa shape index (κ2) is 5.55. The van der Waals surface area contributed by atoms with E-state index in [1.165, 1.54) is 11.1 Å². The Balaban J connectivity index is 1.95. The summed E-state index contributed by atoms with van der Waals surface area (Å²) < 4.78 is 2.17. The molecule has 0 bridgehead atoms. The third kappa shape index (κ3) is 2.59. The molecule has 0 spiro atoms. The number of H-pyrrole nitrogens is 1. The van der Waals surface area contributed by atoms with E-state index >= 15 is 0 Å². The molecule has 1 aromatic carbocycles. The van der Waals surface area contributed by atoms with Crippen molar-refractivity contribution in [2.24, 2.45) is 0 Å². The Labute approximate surface area is 130 Å². The first-order chi connectivity index (χ1) is 9.65. The number of hydrogen-bond acceptors (Lipinski definition) is 2. The molecule has 2 aromatic rings. The SMILES string of the molecule is O=c1[nH]c(=O)n(CC2CCCc3ccccc32)cc1I. The molecule has 4 nitrogen and oxygen atoms in total. The Morgan fingerprint density at radius 2 is 2.10 bits per heavy atom. The van der Waals surface area contributed by atoms with Gasteiger partial charge in [0.25, 0.3) is 5.56 Å². The van der Waals surface area contributed by atoms with Gasteiger partial charge >= 0.3 is 5.69 Å². The third-order valence-electron chi connectivity index (χ3n) is 3.88. The van der Waals surface area contributed by atoms with Crippen LogP contribution in [0.25, 0.3) is 0 Å². The molecule has 1 N–H and O–H groups in total. The number of nitrogens with one attached hydrogen (secondary N) is 1. The highest BCUT2D eigenvalue weighted by molar-refractivity contribution is 14.1. The Morgan fingerprint density at radius 3 is 2.95 bits per heavy atom. The standard InChI is InChI=1S/C15H15IN2O2/c16-13-9-18(15(20)17-14(13)19)8-11-6-3-5-10-4-1-2-7-12(10)11/h1-2,4,7,9,11H,3,5-6,8H2,(H,17,19,20). The van der Waals surface area contributed by atoms with Crippen LogP contribution in [0.1, 0.15) is 29.9 Å². The van der Waals surface area contributed by atoms with Gasteiger partial charge in [0.1, 0.15) is 0 Å². The van der Waals surface area contributed by atoms with E-state index in [1.807, 2.05) is 22.6 Å². The molecule has 0 amide bonds. The van der Waals surface area contributed by atoms with Crippen molar-refractivity contribution in [2.75, 3.05) is 0 Å². The van der Waals surface area contributed by atoms with Crippen molar-refractivity contribution >= 4 is 22.6 Å². The summed E-state index contributed by atoms with van der Waals surface area (Å²) in [5, 5.41) is 0. The fourth-order valence-corrected chi connectivity index (χ4v) is 3.37. The molecule has 0 fully saturated rings. The maximum atomic E-state index is 11.9. The van der Waals surface area contributed by atoms with Gasteiger partial charge < -0.3 is 0 Å². The maximum Gasteiger partial charge on any atom is 0.328 e. The van der Waals surface area contributed by atoms with Crippen molar-refractivity contribution < 1.29 is 0 Å². The highest BCUT2D eigenvalue weighted by Crippen LogP contribution is 2.32. The number of aromatic amines is 1. The fraction of sp³-hybridized carbons (Fsp3) is 0.333. The Kier molecular flexibility index (Phi) is 3.78. The summed E-state index contributed by atoms with van der Waals surface area (Å²) in [4.78, 5) is 25.7. The van der Waals surface area contributed by atoms with Gasteiger partial charge in [-0.15, -0.1) is 0 Å². The summed E-state index contributed by atoms with van der Waals surface area (Å²) >= 11 is 1.96. The molecular formula is C15H15IN2O2. The number of benzene rings is 1. The minimum Gasteiger partial charge on any atom is -0.299 e. The first kappa shape index (κ1) is 13.6. The smallest absolute Gasteiger partial charge is 0.299 e. The number of nitrogens with zero attached hydrogens (tertiary/aromatic N) is 1. The lowest BCUT2D eigenvalue weighted by atomic mass is 9.83. The number of aromatic nitrogens is 2. The van der Waals surface area contributed by atoms with Crippen molar-refractivity contribution in [3.05, 3.63) is 66.0 Å². The zero-order chi connectivity index (χ0) is 14.1. The van der Waals surface area contributed by atoms with Crippen molar-refractivity contribution in [3.63, 3.8) is 0 Å². The van der Waals surface area contributed by atoms with Crippen LogP contribution in [0.3, 0.4) is 0 Å². The van der Waals surface area contributed by atoms with Gasteiger partial charge in [0, 0.05) is 18.7 Å². The van der Waals surface area contributed by atoms with Crippen molar-refractivity contribution in [1.82, 2.24) is 9.55 Å². The van der Waals surface area contributed by atoms with Gasteiger partial charge in [0.05, 0.1) is 3.57 Å². The lowest BCUT2D eigenvalue weighted by Gasteiger charge is -2.25. The lowest BCUT2D eigenvalue weighted by Crippen LogP contribution is -2.32. The highest BCUT2D eigenvalue weighted by Gasteiger charge is 2.20. The molecule has 1 aliphatic rings. The van der Waals surface area contributed by atoms with Gasteiger partial charge in [-0.1, -0.05) is 24.3 Å². The Morgan fingerprint density at radius 1 is 1.30 bits per heavy atom. The van der Waals surface area contributed by atoms with E-state index in [2.05, 4.69) is 29.2 Å². The summed E-state index contributed by atoms with van der Waals surface area (Å²) in [6.07, 6.45) is 5.00. The van der Waals surface area contributed by atoms with Crippen LogP contribution in [0.4, 0.5) is 0 Å². The Hall–Kier alpha value is -1.37. The zero-order valence-corrected chi connectivity index (χ0v) is 13.1. The highest BCUT2D eigenvalue weighted by atomic mass is 127. The van der Waals surface area contributed by atoms with Crippen LogP contribution in [-0.2, 0) is 13.0 Å².